The number of methoxy groups -OCH3 is 1. The van der Waals surface area contributed by atoms with Gasteiger partial charge in [0.25, 0.3) is 0 Å². The molecule has 1 heterocycles. The lowest BCUT2D eigenvalue weighted by Gasteiger charge is -2.23. The molecule has 1 aromatic rings. The van der Waals surface area contributed by atoms with Crippen molar-refractivity contribution in [2.24, 2.45) is 0 Å². The Morgan fingerprint density at radius 2 is 2.42 bits per heavy atom. The number of hydrogen-bond acceptors (Lipinski definition) is 4. The maximum absolute atomic E-state index is 11.2. The van der Waals surface area contributed by atoms with E-state index in [-0.39, 0.29) is 12.6 Å². The third-order valence-corrected chi connectivity index (χ3v) is 3.56. The zero-order valence-corrected chi connectivity index (χ0v) is 11.5. The molecular formula is C13H17ClN2O3. The monoisotopic (exact) mass is 284 g/mol. The minimum Gasteiger partial charge on any atom is -0.453 e. The summed E-state index contributed by atoms with van der Waals surface area (Å²) < 4.78 is 4.59. The summed E-state index contributed by atoms with van der Waals surface area (Å²) in [6.45, 7) is 1.39. The van der Waals surface area contributed by atoms with Gasteiger partial charge >= 0.3 is 6.09 Å². The van der Waals surface area contributed by atoms with Gasteiger partial charge in [0.1, 0.15) is 0 Å². The topological polar surface area (TPSA) is 61.8 Å². The van der Waals surface area contributed by atoms with E-state index in [1.807, 2.05) is 12.1 Å². The number of aliphatic hydroxyl groups excluding tert-OH is 1. The Morgan fingerprint density at radius 3 is 3.11 bits per heavy atom. The smallest absolute Gasteiger partial charge is 0.407 e. The van der Waals surface area contributed by atoms with Gasteiger partial charge in [-0.15, -0.1) is 0 Å². The first-order chi connectivity index (χ1) is 9.15. The molecule has 0 spiro atoms. The van der Waals surface area contributed by atoms with E-state index in [2.05, 4.69) is 15.0 Å². The van der Waals surface area contributed by atoms with Crippen LogP contribution in [0.2, 0.25) is 5.02 Å². The number of amides is 1. The number of anilines is 1. The van der Waals surface area contributed by atoms with Gasteiger partial charge in [0.05, 0.1) is 30.5 Å². The lowest BCUT2D eigenvalue weighted by molar-refractivity contribution is 0.167. The van der Waals surface area contributed by atoms with Crippen molar-refractivity contribution in [3.63, 3.8) is 0 Å². The van der Waals surface area contributed by atoms with Crippen LogP contribution in [0.25, 0.3) is 0 Å². The number of aliphatic hydroxyl groups is 1. The van der Waals surface area contributed by atoms with E-state index in [9.17, 15) is 9.90 Å². The third-order valence-electron chi connectivity index (χ3n) is 3.25. The summed E-state index contributed by atoms with van der Waals surface area (Å²) in [7, 11) is 1.35. The second kappa shape index (κ2) is 6.12. The van der Waals surface area contributed by atoms with Crippen LogP contribution in [-0.4, -0.2) is 37.4 Å². The first-order valence-corrected chi connectivity index (χ1v) is 6.51. The molecule has 0 aliphatic carbocycles. The fourth-order valence-electron chi connectivity index (χ4n) is 2.35. The van der Waals surface area contributed by atoms with Gasteiger partial charge in [0.15, 0.2) is 0 Å². The number of rotatable bonds is 3. The SMILES string of the molecule is COC(=O)NC1CCN(c2c(Cl)cccc2CO)C1. The number of alkyl carbamates (subject to hydrolysis) is 1. The fraction of sp³-hybridized carbons (Fsp3) is 0.462. The lowest BCUT2D eigenvalue weighted by Crippen LogP contribution is -2.37. The summed E-state index contributed by atoms with van der Waals surface area (Å²) in [4.78, 5) is 13.3. The second-order valence-corrected chi connectivity index (χ2v) is 4.88. The molecule has 2 N–H and O–H groups in total. The summed E-state index contributed by atoms with van der Waals surface area (Å²) in [5, 5.41) is 12.8. The van der Waals surface area contributed by atoms with Crippen LogP contribution in [0.5, 0.6) is 0 Å². The average molecular weight is 285 g/mol. The Balaban J connectivity index is 2.10. The zero-order chi connectivity index (χ0) is 13.8. The van der Waals surface area contributed by atoms with Crippen LogP contribution in [0.15, 0.2) is 18.2 Å². The van der Waals surface area contributed by atoms with Crippen LogP contribution >= 0.6 is 11.6 Å². The Morgan fingerprint density at radius 1 is 1.63 bits per heavy atom. The molecule has 1 aliphatic heterocycles. The van der Waals surface area contributed by atoms with E-state index in [0.29, 0.717) is 11.6 Å². The van der Waals surface area contributed by atoms with Gasteiger partial charge in [-0.1, -0.05) is 23.7 Å². The maximum atomic E-state index is 11.2. The fourth-order valence-corrected chi connectivity index (χ4v) is 2.66. The number of halogens is 1. The molecule has 0 saturated carbocycles. The first-order valence-electron chi connectivity index (χ1n) is 6.13. The molecule has 0 aromatic heterocycles. The van der Waals surface area contributed by atoms with Crippen molar-refractivity contribution < 1.29 is 14.6 Å². The van der Waals surface area contributed by atoms with Gasteiger partial charge < -0.3 is 20.1 Å². The van der Waals surface area contributed by atoms with Gasteiger partial charge in [-0.2, -0.15) is 0 Å². The Hall–Kier alpha value is -1.46. The van der Waals surface area contributed by atoms with Crippen LogP contribution < -0.4 is 10.2 Å². The molecule has 2 rings (SSSR count). The number of benzene rings is 1. The molecule has 1 unspecified atom stereocenters. The molecule has 19 heavy (non-hydrogen) atoms. The number of carbonyl (C=O) groups excluding carboxylic acids is 1. The molecule has 1 saturated heterocycles. The summed E-state index contributed by atoms with van der Waals surface area (Å²) in [6, 6.07) is 5.51. The van der Waals surface area contributed by atoms with E-state index in [1.54, 1.807) is 6.07 Å². The molecule has 1 amide bonds. The molecule has 1 fully saturated rings. The molecule has 5 nitrogen and oxygen atoms in total. The number of hydrogen-bond donors (Lipinski definition) is 2. The Bertz CT molecular complexity index is 467. The molecule has 1 aromatic carbocycles. The van der Waals surface area contributed by atoms with Gasteiger partial charge in [-0.05, 0) is 12.5 Å². The van der Waals surface area contributed by atoms with Crippen LogP contribution in [0.4, 0.5) is 10.5 Å². The predicted molar refractivity (Wildman–Crippen MR) is 73.5 cm³/mol. The van der Waals surface area contributed by atoms with Crippen molar-refractivity contribution >= 4 is 23.4 Å². The summed E-state index contributed by atoms with van der Waals surface area (Å²) in [5.41, 5.74) is 1.65. The average Bonchev–Trinajstić information content (AvgIpc) is 2.86. The number of ether oxygens (including phenoxy) is 1. The standard InChI is InChI=1S/C13H17ClN2O3/c1-19-13(18)15-10-5-6-16(7-10)12-9(8-17)3-2-4-11(12)14/h2-4,10,17H,5-8H2,1H3,(H,15,18). The Kier molecular flexibility index (Phi) is 4.50. The molecule has 1 atom stereocenters. The highest BCUT2D eigenvalue weighted by molar-refractivity contribution is 6.33. The number of nitrogens with one attached hydrogen (secondary N) is 1. The van der Waals surface area contributed by atoms with Gasteiger partial charge in [-0.3, -0.25) is 0 Å². The number of carbonyl (C=O) groups is 1. The van der Waals surface area contributed by atoms with E-state index >= 15 is 0 Å². The summed E-state index contributed by atoms with van der Waals surface area (Å²) in [6.07, 6.45) is 0.402. The number of para-hydroxylation sites is 1. The van der Waals surface area contributed by atoms with Crippen LogP contribution in [0, 0.1) is 0 Å². The predicted octanol–water partition coefficient (Wildman–Crippen LogP) is 1.77. The molecule has 104 valence electrons. The van der Waals surface area contributed by atoms with E-state index in [4.69, 9.17) is 11.6 Å². The van der Waals surface area contributed by atoms with Crippen LogP contribution in [0.3, 0.4) is 0 Å². The zero-order valence-electron chi connectivity index (χ0n) is 10.7. The summed E-state index contributed by atoms with van der Waals surface area (Å²) in [5.74, 6) is 0. The van der Waals surface area contributed by atoms with Crippen molar-refractivity contribution in [1.29, 1.82) is 0 Å². The highest BCUT2D eigenvalue weighted by atomic mass is 35.5. The third kappa shape index (κ3) is 3.11. The highest BCUT2D eigenvalue weighted by Crippen LogP contribution is 2.32. The van der Waals surface area contributed by atoms with Crippen molar-refractivity contribution in [3.05, 3.63) is 28.8 Å². The number of nitrogens with zero attached hydrogens (tertiary/aromatic N) is 1. The van der Waals surface area contributed by atoms with Gasteiger partial charge in [0.2, 0.25) is 0 Å². The molecule has 1 aliphatic rings. The molecule has 0 bridgehead atoms. The van der Waals surface area contributed by atoms with E-state index in [0.717, 1.165) is 24.2 Å². The minimum absolute atomic E-state index is 0.0373. The normalized spacial score (nSPS) is 18.5. The molecule has 6 heteroatoms. The largest absolute Gasteiger partial charge is 0.453 e. The van der Waals surface area contributed by atoms with Gasteiger partial charge in [-0.25, -0.2) is 4.79 Å². The quantitative estimate of drug-likeness (QED) is 0.888. The van der Waals surface area contributed by atoms with Crippen LogP contribution in [-0.2, 0) is 11.3 Å². The second-order valence-electron chi connectivity index (χ2n) is 4.47. The van der Waals surface area contributed by atoms with Crippen molar-refractivity contribution in [1.82, 2.24) is 5.32 Å². The Labute approximate surface area is 117 Å². The lowest BCUT2D eigenvalue weighted by atomic mass is 10.1. The van der Waals surface area contributed by atoms with E-state index < -0.39 is 6.09 Å². The first kappa shape index (κ1) is 14.0. The van der Waals surface area contributed by atoms with Gasteiger partial charge in [0, 0.05) is 18.7 Å². The highest BCUT2D eigenvalue weighted by Gasteiger charge is 2.26. The molecule has 0 radical (unpaired) electrons. The van der Waals surface area contributed by atoms with Crippen LogP contribution in [0.1, 0.15) is 12.0 Å². The van der Waals surface area contributed by atoms with Crippen molar-refractivity contribution in [3.8, 4) is 0 Å². The minimum atomic E-state index is -0.423. The van der Waals surface area contributed by atoms with E-state index in [1.165, 1.54) is 7.11 Å². The van der Waals surface area contributed by atoms with Crippen molar-refractivity contribution in [2.45, 2.75) is 19.1 Å². The maximum Gasteiger partial charge on any atom is 0.407 e. The molecular weight excluding hydrogens is 268 g/mol. The summed E-state index contributed by atoms with van der Waals surface area (Å²) >= 11 is 6.20. The van der Waals surface area contributed by atoms with Crippen molar-refractivity contribution in [2.75, 3.05) is 25.1 Å².